The lowest BCUT2D eigenvalue weighted by molar-refractivity contribution is -0.138. The van der Waals surface area contributed by atoms with Crippen molar-refractivity contribution in [1.82, 2.24) is 0 Å². The Kier molecular flexibility index (Phi) is 9.29. The lowest BCUT2D eigenvalue weighted by atomic mass is 9.84. The summed E-state index contributed by atoms with van der Waals surface area (Å²) in [6.45, 7) is 0. The molecule has 0 amide bonds. The second-order valence-corrected chi connectivity index (χ2v) is 14.9. The summed E-state index contributed by atoms with van der Waals surface area (Å²) in [4.78, 5) is 0. The van der Waals surface area contributed by atoms with Crippen LogP contribution in [-0.2, 0) is 12.4 Å². The molecule has 7 aromatic carbocycles. The molecule has 0 aliphatic heterocycles. The zero-order valence-electron chi connectivity index (χ0n) is 25.3. The molecule has 50 heavy (non-hydrogen) atoms. The Morgan fingerprint density at radius 1 is 0.360 bits per heavy atom. The molecule has 0 aliphatic rings. The van der Waals surface area contributed by atoms with E-state index < -0.39 is 23.5 Å². The van der Waals surface area contributed by atoms with Crippen molar-refractivity contribution in [1.29, 1.82) is 0 Å². The van der Waals surface area contributed by atoms with Gasteiger partial charge in [0.05, 0.1) is 11.1 Å². The van der Waals surface area contributed by atoms with Gasteiger partial charge >= 0.3 is 12.4 Å². The minimum absolute atomic E-state index is 0.498. The van der Waals surface area contributed by atoms with Gasteiger partial charge in [-0.2, -0.15) is 26.3 Å². The van der Waals surface area contributed by atoms with Gasteiger partial charge in [-0.3, -0.25) is 0 Å². The monoisotopic (exact) mass is 930 g/mol. The topological polar surface area (TPSA) is 0 Å². The molecule has 250 valence electrons. The first-order chi connectivity index (χ1) is 23.7. The van der Waals surface area contributed by atoms with E-state index in [4.69, 9.17) is 0 Å². The highest BCUT2D eigenvalue weighted by atomic mass is 79.9. The highest BCUT2D eigenvalue weighted by molar-refractivity contribution is 9.11. The van der Waals surface area contributed by atoms with Gasteiger partial charge in [-0.1, -0.05) is 105 Å². The summed E-state index contributed by atoms with van der Waals surface area (Å²) in [6.07, 6.45) is -9.07. The summed E-state index contributed by atoms with van der Waals surface area (Å²) in [5.74, 6) is 0. The fourth-order valence-corrected chi connectivity index (χ4v) is 8.99. The van der Waals surface area contributed by atoms with E-state index in [0.717, 1.165) is 65.9 Å². The van der Waals surface area contributed by atoms with Crippen LogP contribution in [0.25, 0.3) is 66.1 Å². The summed E-state index contributed by atoms with van der Waals surface area (Å²) >= 11 is 15.3. The van der Waals surface area contributed by atoms with Crippen molar-refractivity contribution in [2.45, 2.75) is 12.4 Å². The van der Waals surface area contributed by atoms with E-state index in [1.165, 1.54) is 24.3 Å². The van der Waals surface area contributed by atoms with E-state index in [9.17, 15) is 26.3 Å². The van der Waals surface area contributed by atoms with Crippen molar-refractivity contribution < 1.29 is 26.3 Å². The maximum Gasteiger partial charge on any atom is 0.416 e. The Morgan fingerprint density at radius 3 is 0.960 bits per heavy atom. The third-order valence-electron chi connectivity index (χ3n) is 8.59. The van der Waals surface area contributed by atoms with Gasteiger partial charge in [0.15, 0.2) is 0 Å². The van der Waals surface area contributed by atoms with E-state index in [2.05, 4.69) is 63.7 Å². The second-order valence-electron chi connectivity index (χ2n) is 11.6. The molecular weight excluding hydrogens is 914 g/mol. The molecule has 7 aromatic rings. The van der Waals surface area contributed by atoms with Crippen LogP contribution in [0.5, 0.6) is 0 Å². The SMILES string of the molecule is FC(F)(F)c1ccc(-c2c(Br)c(-c3cc4ccccc4cc3Br)c(-c3ccc(C(F)(F)F)cc3)c(Br)c2-c2cc3ccccc3cc2Br)cc1. The molecule has 0 spiro atoms. The van der Waals surface area contributed by atoms with Gasteiger partial charge in [0.1, 0.15) is 0 Å². The first kappa shape index (κ1) is 35.0. The highest BCUT2D eigenvalue weighted by Crippen LogP contribution is 2.56. The number of benzene rings is 7. The van der Waals surface area contributed by atoms with Crippen molar-refractivity contribution >= 4 is 85.3 Å². The van der Waals surface area contributed by atoms with Crippen molar-refractivity contribution in [3.05, 3.63) is 150 Å². The van der Waals surface area contributed by atoms with Crippen LogP contribution in [0.1, 0.15) is 11.1 Å². The summed E-state index contributed by atoms with van der Waals surface area (Å²) in [5, 5.41) is 3.78. The first-order valence-electron chi connectivity index (χ1n) is 15.0. The smallest absolute Gasteiger partial charge is 0.166 e. The average molecular weight is 934 g/mol. The maximum absolute atomic E-state index is 13.7. The van der Waals surface area contributed by atoms with Gasteiger partial charge in [-0.15, -0.1) is 0 Å². The number of hydrogen-bond donors (Lipinski definition) is 0. The zero-order valence-corrected chi connectivity index (χ0v) is 31.7. The molecule has 0 nitrogen and oxygen atoms in total. The predicted octanol–water partition coefficient (Wildman–Crippen LogP) is 15.7. The third kappa shape index (κ3) is 6.44. The van der Waals surface area contributed by atoms with E-state index in [-0.39, 0.29) is 0 Å². The number of alkyl halides is 6. The van der Waals surface area contributed by atoms with Crippen molar-refractivity contribution in [3.63, 3.8) is 0 Å². The highest BCUT2D eigenvalue weighted by Gasteiger charge is 2.33. The van der Waals surface area contributed by atoms with Crippen LogP contribution in [0.2, 0.25) is 0 Å². The number of halogens is 10. The Balaban J connectivity index is 1.64. The van der Waals surface area contributed by atoms with Crippen LogP contribution in [0.3, 0.4) is 0 Å². The minimum atomic E-state index is -4.53. The molecule has 0 bridgehead atoms. The molecule has 0 N–H and O–H groups in total. The van der Waals surface area contributed by atoms with Crippen LogP contribution in [0.4, 0.5) is 26.3 Å². The average Bonchev–Trinajstić information content (AvgIpc) is 3.08. The van der Waals surface area contributed by atoms with Crippen LogP contribution < -0.4 is 0 Å². The standard InChI is InChI=1S/C40H20Br4F6/c41-31-19-25-7-3-1-5-23(25)17-29(31)35-33(21-9-13-27(14-10-21)39(45,46)47)38(44)36(30-18-24-6-2-4-8-26(24)20-32(30)42)34(37(35)43)22-11-15-28(16-12-22)40(48,49)50/h1-20H. The molecule has 0 atom stereocenters. The molecule has 0 heterocycles. The Labute approximate surface area is 316 Å². The second kappa shape index (κ2) is 13.3. The molecule has 0 saturated carbocycles. The van der Waals surface area contributed by atoms with Gasteiger partial charge in [0, 0.05) is 40.1 Å². The summed E-state index contributed by atoms with van der Waals surface area (Å²) in [5.41, 5.74) is 3.31. The molecule has 0 radical (unpaired) electrons. The van der Waals surface area contributed by atoms with Gasteiger partial charge in [-0.05, 0) is 124 Å². The number of rotatable bonds is 4. The summed E-state index contributed by atoms with van der Waals surface area (Å²) in [7, 11) is 0. The van der Waals surface area contributed by atoms with Crippen LogP contribution >= 0.6 is 63.7 Å². The van der Waals surface area contributed by atoms with Gasteiger partial charge < -0.3 is 0 Å². The summed E-state index contributed by atoms with van der Waals surface area (Å²) < 4.78 is 84.8. The molecule has 0 aliphatic carbocycles. The normalized spacial score (nSPS) is 12.2. The van der Waals surface area contributed by atoms with Crippen LogP contribution in [0, 0.1) is 0 Å². The fourth-order valence-electron chi connectivity index (χ4n) is 6.20. The largest absolute Gasteiger partial charge is 0.416 e. The number of fused-ring (bicyclic) bond motifs is 2. The van der Waals surface area contributed by atoms with Crippen molar-refractivity contribution in [2.75, 3.05) is 0 Å². The third-order valence-corrected chi connectivity index (χ3v) is 11.5. The quantitative estimate of drug-likeness (QED) is 0.154. The Bertz CT molecular complexity index is 2260. The lowest BCUT2D eigenvalue weighted by Crippen LogP contribution is -2.05. The molecule has 7 rings (SSSR count). The predicted molar refractivity (Wildman–Crippen MR) is 204 cm³/mol. The Hall–Kier alpha value is -3.44. The van der Waals surface area contributed by atoms with Crippen molar-refractivity contribution in [3.8, 4) is 44.5 Å². The van der Waals surface area contributed by atoms with E-state index in [0.29, 0.717) is 42.3 Å². The maximum atomic E-state index is 13.7. The van der Waals surface area contributed by atoms with E-state index in [1.54, 1.807) is 0 Å². The molecule has 0 aromatic heterocycles. The van der Waals surface area contributed by atoms with Gasteiger partial charge in [-0.25, -0.2) is 0 Å². The minimum Gasteiger partial charge on any atom is -0.166 e. The zero-order chi connectivity index (χ0) is 35.5. The summed E-state index contributed by atoms with van der Waals surface area (Å²) in [6, 6.07) is 33.4. The first-order valence-corrected chi connectivity index (χ1v) is 18.2. The lowest BCUT2D eigenvalue weighted by Gasteiger charge is -2.25. The van der Waals surface area contributed by atoms with Crippen LogP contribution in [-0.4, -0.2) is 0 Å². The molecule has 0 unspecified atom stereocenters. The van der Waals surface area contributed by atoms with E-state index in [1.807, 2.05) is 72.8 Å². The molecule has 10 heteroatoms. The Morgan fingerprint density at radius 2 is 0.660 bits per heavy atom. The van der Waals surface area contributed by atoms with Crippen LogP contribution in [0.15, 0.2) is 139 Å². The molecule has 0 fully saturated rings. The van der Waals surface area contributed by atoms with E-state index >= 15 is 0 Å². The molecular formula is C40H20Br4F6. The number of hydrogen-bond acceptors (Lipinski definition) is 0. The molecule has 0 saturated heterocycles. The fraction of sp³-hybridized carbons (Fsp3) is 0.0500. The van der Waals surface area contributed by atoms with Gasteiger partial charge in [0.25, 0.3) is 0 Å². The van der Waals surface area contributed by atoms with Gasteiger partial charge in [0.2, 0.25) is 0 Å². The van der Waals surface area contributed by atoms with Crippen molar-refractivity contribution in [2.24, 2.45) is 0 Å².